The van der Waals surface area contributed by atoms with Gasteiger partial charge in [-0.2, -0.15) is 0 Å². The van der Waals surface area contributed by atoms with Crippen molar-refractivity contribution in [1.29, 1.82) is 0 Å². The number of halogens is 1. The molecule has 3 atom stereocenters. The minimum atomic E-state index is -0.281. The van der Waals surface area contributed by atoms with E-state index in [2.05, 4.69) is 18.7 Å². The summed E-state index contributed by atoms with van der Waals surface area (Å²) in [6.07, 6.45) is 3.62. The van der Waals surface area contributed by atoms with Crippen molar-refractivity contribution in [3.05, 3.63) is 34.9 Å². The van der Waals surface area contributed by atoms with Gasteiger partial charge in [0.25, 0.3) is 0 Å². The molecule has 0 spiro atoms. The van der Waals surface area contributed by atoms with E-state index in [1.165, 1.54) is 19.3 Å². The third-order valence-corrected chi connectivity index (χ3v) is 4.48. The van der Waals surface area contributed by atoms with Crippen molar-refractivity contribution in [1.82, 2.24) is 4.90 Å². The molecule has 3 nitrogen and oxygen atoms in total. The Balaban J connectivity index is 1.90. The number of ether oxygens (including phenoxy) is 1. The smallest absolute Gasteiger partial charge is 0.338 e. The van der Waals surface area contributed by atoms with Crippen molar-refractivity contribution in [2.24, 2.45) is 0 Å². The number of rotatable bonds is 4. The number of carbonyl (C=O) groups excluding carboxylic acids is 1. The molecule has 0 aromatic heterocycles. The van der Waals surface area contributed by atoms with Gasteiger partial charge in [-0.25, -0.2) is 4.79 Å². The van der Waals surface area contributed by atoms with Gasteiger partial charge in [-0.3, -0.25) is 4.90 Å². The van der Waals surface area contributed by atoms with Crippen LogP contribution in [0.4, 0.5) is 0 Å². The zero-order chi connectivity index (χ0) is 15.4. The molecular weight excluding hydrogens is 286 g/mol. The standard InChI is InChI=1S/C17H24ClNO2/c1-12-5-4-6-13(2)19(12)11-14(3)21-17(20)15-7-9-16(18)10-8-15/h7-10,12-14H,4-6,11H2,1-3H3/t12-,13-,14-/m1/s1. The van der Waals surface area contributed by atoms with Crippen LogP contribution >= 0.6 is 11.6 Å². The second-order valence-electron chi connectivity index (χ2n) is 6.05. The maximum absolute atomic E-state index is 12.1. The first-order valence-corrected chi connectivity index (χ1v) is 8.07. The van der Waals surface area contributed by atoms with Crippen molar-refractivity contribution < 1.29 is 9.53 Å². The number of likely N-dealkylation sites (tertiary alicyclic amines) is 1. The van der Waals surface area contributed by atoms with Crippen LogP contribution in [0.3, 0.4) is 0 Å². The molecule has 1 aliphatic rings. The quantitative estimate of drug-likeness (QED) is 0.783. The predicted molar refractivity (Wildman–Crippen MR) is 85.8 cm³/mol. The Labute approximate surface area is 132 Å². The molecule has 1 heterocycles. The van der Waals surface area contributed by atoms with Crippen LogP contribution in [0.15, 0.2) is 24.3 Å². The number of nitrogens with zero attached hydrogens (tertiary/aromatic N) is 1. The van der Waals surface area contributed by atoms with E-state index >= 15 is 0 Å². The van der Waals surface area contributed by atoms with Gasteiger partial charge >= 0.3 is 5.97 Å². The average molecular weight is 310 g/mol. The summed E-state index contributed by atoms with van der Waals surface area (Å²) in [5.41, 5.74) is 0.547. The number of carbonyl (C=O) groups is 1. The normalized spacial score (nSPS) is 24.6. The molecule has 1 aromatic rings. The Kier molecular flexibility index (Phi) is 5.65. The maximum Gasteiger partial charge on any atom is 0.338 e. The summed E-state index contributed by atoms with van der Waals surface area (Å²) < 4.78 is 5.55. The SMILES string of the molecule is C[C@H](CN1[C@H](C)CCC[C@H]1C)OC(=O)c1ccc(Cl)cc1. The van der Waals surface area contributed by atoms with Gasteiger partial charge in [-0.15, -0.1) is 0 Å². The molecule has 0 amide bonds. The van der Waals surface area contributed by atoms with E-state index in [1.807, 2.05) is 6.92 Å². The third kappa shape index (κ3) is 4.45. The summed E-state index contributed by atoms with van der Waals surface area (Å²) in [7, 11) is 0. The first-order chi connectivity index (χ1) is 9.97. The Morgan fingerprint density at radius 1 is 1.29 bits per heavy atom. The van der Waals surface area contributed by atoms with Gasteiger partial charge < -0.3 is 4.74 Å². The highest BCUT2D eigenvalue weighted by molar-refractivity contribution is 6.30. The first kappa shape index (κ1) is 16.3. The first-order valence-electron chi connectivity index (χ1n) is 7.69. The Hall–Kier alpha value is -1.06. The van der Waals surface area contributed by atoms with E-state index in [1.54, 1.807) is 24.3 Å². The maximum atomic E-state index is 12.1. The highest BCUT2D eigenvalue weighted by Gasteiger charge is 2.26. The summed E-state index contributed by atoms with van der Waals surface area (Å²) in [6.45, 7) is 7.26. The van der Waals surface area contributed by atoms with Crippen LogP contribution in [-0.4, -0.2) is 35.6 Å². The molecule has 0 saturated carbocycles. The lowest BCUT2D eigenvalue weighted by atomic mass is 9.97. The summed E-state index contributed by atoms with van der Waals surface area (Å²) in [5, 5.41) is 0.621. The van der Waals surface area contributed by atoms with Crippen LogP contribution in [0.5, 0.6) is 0 Å². The summed E-state index contributed by atoms with van der Waals surface area (Å²) in [6, 6.07) is 7.93. The molecule has 0 radical (unpaired) electrons. The molecule has 2 rings (SSSR count). The van der Waals surface area contributed by atoms with Crippen LogP contribution in [0.1, 0.15) is 50.4 Å². The van der Waals surface area contributed by atoms with E-state index in [0.717, 1.165) is 6.54 Å². The third-order valence-electron chi connectivity index (χ3n) is 4.23. The number of piperidine rings is 1. The molecule has 1 aliphatic heterocycles. The lowest BCUT2D eigenvalue weighted by Gasteiger charge is -2.40. The van der Waals surface area contributed by atoms with E-state index < -0.39 is 0 Å². The van der Waals surface area contributed by atoms with Crippen LogP contribution in [0.25, 0.3) is 0 Å². The summed E-state index contributed by atoms with van der Waals surface area (Å²) in [5.74, 6) is -0.281. The largest absolute Gasteiger partial charge is 0.458 e. The van der Waals surface area contributed by atoms with Gasteiger partial charge in [0.1, 0.15) is 6.10 Å². The van der Waals surface area contributed by atoms with Crippen molar-refractivity contribution in [2.45, 2.75) is 58.2 Å². The van der Waals surface area contributed by atoms with Gasteiger partial charge in [0.05, 0.1) is 5.56 Å². The van der Waals surface area contributed by atoms with Crippen molar-refractivity contribution in [3.8, 4) is 0 Å². The monoisotopic (exact) mass is 309 g/mol. The summed E-state index contributed by atoms with van der Waals surface area (Å²) >= 11 is 5.82. The topological polar surface area (TPSA) is 29.5 Å². The van der Waals surface area contributed by atoms with E-state index in [9.17, 15) is 4.79 Å². The van der Waals surface area contributed by atoms with Gasteiger partial charge in [0.2, 0.25) is 0 Å². The highest BCUT2D eigenvalue weighted by Crippen LogP contribution is 2.23. The fraction of sp³-hybridized carbons (Fsp3) is 0.588. The molecular formula is C17H24ClNO2. The molecule has 1 aromatic carbocycles. The van der Waals surface area contributed by atoms with E-state index in [-0.39, 0.29) is 12.1 Å². The van der Waals surface area contributed by atoms with Gasteiger partial charge in [0.15, 0.2) is 0 Å². The molecule has 0 unspecified atom stereocenters. The molecule has 1 saturated heterocycles. The van der Waals surface area contributed by atoms with Crippen molar-refractivity contribution in [2.75, 3.05) is 6.54 Å². The molecule has 1 fully saturated rings. The Bertz CT molecular complexity index is 464. The second kappa shape index (κ2) is 7.28. The number of hydrogen-bond donors (Lipinski definition) is 0. The van der Waals surface area contributed by atoms with Crippen LogP contribution in [-0.2, 0) is 4.74 Å². The fourth-order valence-corrected chi connectivity index (χ4v) is 3.13. The molecule has 0 N–H and O–H groups in total. The van der Waals surface area contributed by atoms with E-state index in [4.69, 9.17) is 16.3 Å². The molecule has 0 bridgehead atoms. The molecule has 4 heteroatoms. The second-order valence-corrected chi connectivity index (χ2v) is 6.48. The Morgan fingerprint density at radius 2 is 1.86 bits per heavy atom. The molecule has 0 aliphatic carbocycles. The fourth-order valence-electron chi connectivity index (χ4n) is 3.01. The minimum Gasteiger partial charge on any atom is -0.458 e. The van der Waals surface area contributed by atoms with Gasteiger partial charge in [0, 0.05) is 23.7 Å². The average Bonchev–Trinajstić information content (AvgIpc) is 2.43. The number of benzene rings is 1. The summed E-state index contributed by atoms with van der Waals surface area (Å²) in [4.78, 5) is 14.5. The lowest BCUT2D eigenvalue weighted by Crippen LogP contribution is -2.47. The highest BCUT2D eigenvalue weighted by atomic mass is 35.5. The van der Waals surface area contributed by atoms with Crippen LogP contribution in [0, 0.1) is 0 Å². The molecule has 21 heavy (non-hydrogen) atoms. The van der Waals surface area contributed by atoms with Crippen LogP contribution < -0.4 is 0 Å². The van der Waals surface area contributed by atoms with Crippen molar-refractivity contribution >= 4 is 17.6 Å². The number of hydrogen-bond acceptors (Lipinski definition) is 3. The van der Waals surface area contributed by atoms with Crippen molar-refractivity contribution in [3.63, 3.8) is 0 Å². The minimum absolute atomic E-state index is 0.115. The lowest BCUT2D eigenvalue weighted by molar-refractivity contribution is 0.00812. The predicted octanol–water partition coefficient (Wildman–Crippen LogP) is 4.15. The zero-order valence-electron chi connectivity index (χ0n) is 13.0. The van der Waals surface area contributed by atoms with Crippen LogP contribution in [0.2, 0.25) is 5.02 Å². The number of esters is 1. The zero-order valence-corrected chi connectivity index (χ0v) is 13.8. The molecule has 116 valence electrons. The Morgan fingerprint density at radius 3 is 2.43 bits per heavy atom. The van der Waals surface area contributed by atoms with Gasteiger partial charge in [-0.05, 0) is 57.9 Å². The van der Waals surface area contributed by atoms with E-state index in [0.29, 0.717) is 22.7 Å². The van der Waals surface area contributed by atoms with Gasteiger partial charge in [-0.1, -0.05) is 18.0 Å².